The SMILES string of the molecule is O=C(O)c1ccc2c(c1)C(=O)N(CC1C=C3C4CC(CN5C(=O)c6ccc(C(=O)O)cc6C5=O)C(C4)C3C1)C2=O. The molecule has 10 heteroatoms. The average Bonchev–Trinajstić information content (AvgIpc) is 3.71. The quantitative estimate of drug-likeness (QED) is 0.419. The van der Waals surface area contributed by atoms with Crippen LogP contribution in [0.1, 0.15) is 81.4 Å². The van der Waals surface area contributed by atoms with Gasteiger partial charge in [-0.05, 0) is 85.3 Å². The first-order valence-corrected chi connectivity index (χ1v) is 13.3. The molecule has 40 heavy (non-hydrogen) atoms. The zero-order chi connectivity index (χ0) is 28.0. The van der Waals surface area contributed by atoms with Crippen molar-refractivity contribution in [3.05, 3.63) is 81.4 Å². The fourth-order valence-corrected chi connectivity index (χ4v) is 7.69. The van der Waals surface area contributed by atoms with Crippen molar-refractivity contribution in [3.63, 3.8) is 0 Å². The minimum absolute atomic E-state index is 0.0149. The van der Waals surface area contributed by atoms with E-state index in [-0.39, 0.29) is 70.1 Å². The lowest BCUT2D eigenvalue weighted by Crippen LogP contribution is -2.38. The van der Waals surface area contributed by atoms with E-state index in [1.54, 1.807) is 0 Å². The number of allylic oxidation sites excluding steroid dienone is 1. The number of aromatic carboxylic acids is 2. The van der Waals surface area contributed by atoms with E-state index in [1.165, 1.54) is 51.8 Å². The van der Waals surface area contributed by atoms with Crippen molar-refractivity contribution in [3.8, 4) is 0 Å². The maximum Gasteiger partial charge on any atom is 0.335 e. The maximum atomic E-state index is 13.1. The predicted octanol–water partition coefficient (Wildman–Crippen LogP) is 3.19. The van der Waals surface area contributed by atoms with E-state index in [4.69, 9.17) is 0 Å². The lowest BCUT2D eigenvalue weighted by Gasteiger charge is -2.31. The molecule has 2 aliphatic heterocycles. The van der Waals surface area contributed by atoms with Gasteiger partial charge < -0.3 is 10.2 Å². The summed E-state index contributed by atoms with van der Waals surface area (Å²) in [6.07, 6.45) is 4.78. The number of amides is 4. The summed E-state index contributed by atoms with van der Waals surface area (Å²) in [6.45, 7) is 0.512. The Morgan fingerprint density at radius 2 is 1.23 bits per heavy atom. The molecule has 5 unspecified atom stereocenters. The van der Waals surface area contributed by atoms with E-state index < -0.39 is 35.6 Å². The van der Waals surface area contributed by atoms with E-state index in [2.05, 4.69) is 6.08 Å². The lowest BCUT2D eigenvalue weighted by molar-refractivity contribution is 0.0601. The summed E-state index contributed by atoms with van der Waals surface area (Å²) in [7, 11) is 0. The van der Waals surface area contributed by atoms with Crippen LogP contribution in [0.3, 0.4) is 0 Å². The van der Waals surface area contributed by atoms with Crippen molar-refractivity contribution in [2.75, 3.05) is 13.1 Å². The molecule has 5 aliphatic rings. The molecule has 5 atom stereocenters. The molecule has 202 valence electrons. The number of hydrogen-bond donors (Lipinski definition) is 2. The van der Waals surface area contributed by atoms with Crippen LogP contribution in [0.4, 0.5) is 0 Å². The van der Waals surface area contributed by atoms with Crippen LogP contribution >= 0.6 is 0 Å². The number of fused-ring (bicyclic) bond motifs is 7. The number of carboxylic acid groups (broad SMARTS) is 2. The summed E-state index contributed by atoms with van der Waals surface area (Å²) in [5, 5.41) is 18.5. The zero-order valence-electron chi connectivity index (χ0n) is 21.2. The number of carbonyl (C=O) groups is 6. The summed E-state index contributed by atoms with van der Waals surface area (Å²) >= 11 is 0. The predicted molar refractivity (Wildman–Crippen MR) is 137 cm³/mol. The first-order chi connectivity index (χ1) is 19.1. The van der Waals surface area contributed by atoms with Crippen molar-refractivity contribution in [2.24, 2.45) is 29.6 Å². The molecule has 0 aromatic heterocycles. The van der Waals surface area contributed by atoms with Gasteiger partial charge in [-0.25, -0.2) is 9.59 Å². The molecule has 10 nitrogen and oxygen atoms in total. The molecular formula is C30H24N2O8. The van der Waals surface area contributed by atoms with E-state index >= 15 is 0 Å². The number of carboxylic acids is 2. The number of carbonyl (C=O) groups excluding carboxylic acids is 4. The van der Waals surface area contributed by atoms with Crippen LogP contribution in [0.25, 0.3) is 0 Å². The fraction of sp³-hybridized carbons (Fsp3) is 0.333. The summed E-state index contributed by atoms with van der Waals surface area (Å²) in [5.74, 6) is -3.07. The first-order valence-electron chi connectivity index (χ1n) is 13.3. The van der Waals surface area contributed by atoms with Crippen molar-refractivity contribution in [1.29, 1.82) is 0 Å². The van der Waals surface area contributed by atoms with Crippen molar-refractivity contribution >= 4 is 35.6 Å². The number of imide groups is 2. The van der Waals surface area contributed by atoms with E-state index in [0.717, 1.165) is 19.3 Å². The molecule has 2 saturated carbocycles. The Kier molecular flexibility index (Phi) is 5.16. The third-order valence-corrected chi connectivity index (χ3v) is 9.42. The molecule has 2 aromatic rings. The van der Waals surface area contributed by atoms with Crippen molar-refractivity contribution in [1.82, 2.24) is 9.80 Å². The molecule has 2 bridgehead atoms. The summed E-state index contributed by atoms with van der Waals surface area (Å²) in [6, 6.07) is 7.99. The second kappa shape index (κ2) is 8.45. The molecule has 7 rings (SSSR count). The Bertz CT molecular complexity index is 1620. The topological polar surface area (TPSA) is 149 Å². The fourth-order valence-electron chi connectivity index (χ4n) is 7.69. The van der Waals surface area contributed by atoms with Crippen LogP contribution in [0, 0.1) is 29.6 Å². The Balaban J connectivity index is 1.04. The van der Waals surface area contributed by atoms with E-state index in [1.807, 2.05) is 0 Å². The van der Waals surface area contributed by atoms with Gasteiger partial charge >= 0.3 is 11.9 Å². The normalized spacial score (nSPS) is 27.8. The van der Waals surface area contributed by atoms with Gasteiger partial charge in [0.25, 0.3) is 23.6 Å². The molecular weight excluding hydrogens is 516 g/mol. The Labute approximate surface area is 227 Å². The standard InChI is InChI=1S/C30H24N2O8/c33-25-18-3-1-14(29(37)38)8-23(18)27(35)31(25)11-13-5-20-16-7-17(21(10-16)22(20)6-13)12-32-26(34)19-4-2-15(30(39)40)9-24(19)28(32)36/h1-5,8-9,13,16-17,21-22H,6-7,10-12H2,(H,37,38)(H,39,40). The van der Waals surface area contributed by atoms with Crippen LogP contribution < -0.4 is 0 Å². The molecule has 2 aromatic carbocycles. The summed E-state index contributed by atoms with van der Waals surface area (Å²) < 4.78 is 0. The minimum Gasteiger partial charge on any atom is -0.478 e. The highest BCUT2D eigenvalue weighted by molar-refractivity contribution is 6.22. The van der Waals surface area contributed by atoms with Crippen molar-refractivity contribution in [2.45, 2.75) is 19.3 Å². The van der Waals surface area contributed by atoms with Gasteiger partial charge in [-0.15, -0.1) is 0 Å². The lowest BCUT2D eigenvalue weighted by atomic mass is 9.78. The van der Waals surface area contributed by atoms with Gasteiger partial charge in [0.15, 0.2) is 0 Å². The number of nitrogens with zero attached hydrogens (tertiary/aromatic N) is 2. The van der Waals surface area contributed by atoms with Crippen LogP contribution in [0.5, 0.6) is 0 Å². The Morgan fingerprint density at radius 3 is 1.77 bits per heavy atom. The molecule has 0 spiro atoms. The second-order valence-electron chi connectivity index (χ2n) is 11.4. The highest BCUT2D eigenvalue weighted by atomic mass is 16.4. The van der Waals surface area contributed by atoms with Gasteiger partial charge in [-0.1, -0.05) is 11.6 Å². The minimum atomic E-state index is -1.16. The average molecular weight is 541 g/mol. The van der Waals surface area contributed by atoms with Crippen LogP contribution in [-0.4, -0.2) is 68.7 Å². The first kappa shape index (κ1) is 24.4. The molecule has 2 N–H and O–H groups in total. The molecule has 2 fully saturated rings. The maximum absolute atomic E-state index is 13.1. The van der Waals surface area contributed by atoms with Gasteiger partial charge in [0, 0.05) is 13.1 Å². The highest BCUT2D eigenvalue weighted by Crippen LogP contribution is 2.60. The van der Waals surface area contributed by atoms with Crippen molar-refractivity contribution < 1.29 is 39.0 Å². The van der Waals surface area contributed by atoms with Crippen LogP contribution in [-0.2, 0) is 0 Å². The largest absolute Gasteiger partial charge is 0.478 e. The second-order valence-corrected chi connectivity index (χ2v) is 11.4. The van der Waals surface area contributed by atoms with Gasteiger partial charge in [0.05, 0.1) is 33.4 Å². The van der Waals surface area contributed by atoms with Crippen LogP contribution in [0.2, 0.25) is 0 Å². The zero-order valence-corrected chi connectivity index (χ0v) is 21.2. The molecule has 4 amide bonds. The summed E-state index contributed by atoms with van der Waals surface area (Å²) in [5.41, 5.74) is 1.97. The third-order valence-electron chi connectivity index (χ3n) is 9.42. The highest BCUT2D eigenvalue weighted by Gasteiger charge is 2.53. The molecule has 0 radical (unpaired) electrons. The van der Waals surface area contributed by atoms with Gasteiger partial charge in [0.2, 0.25) is 0 Å². The van der Waals surface area contributed by atoms with Gasteiger partial charge in [-0.2, -0.15) is 0 Å². The molecule has 3 aliphatic carbocycles. The monoisotopic (exact) mass is 540 g/mol. The smallest absolute Gasteiger partial charge is 0.335 e. The van der Waals surface area contributed by atoms with Gasteiger partial charge in [0.1, 0.15) is 0 Å². The number of hydrogen-bond acceptors (Lipinski definition) is 6. The molecule has 0 saturated heterocycles. The van der Waals surface area contributed by atoms with Gasteiger partial charge in [-0.3, -0.25) is 29.0 Å². The van der Waals surface area contributed by atoms with Crippen LogP contribution in [0.15, 0.2) is 48.0 Å². The molecule has 2 heterocycles. The van der Waals surface area contributed by atoms with E-state index in [9.17, 15) is 39.0 Å². The number of benzene rings is 2. The Morgan fingerprint density at radius 1 is 0.700 bits per heavy atom. The summed E-state index contributed by atoms with van der Waals surface area (Å²) in [4.78, 5) is 77.1. The third kappa shape index (κ3) is 3.41. The Hall–Kier alpha value is -4.60. The number of rotatable bonds is 6. The van der Waals surface area contributed by atoms with E-state index in [0.29, 0.717) is 5.92 Å².